The zero-order chi connectivity index (χ0) is 34.5. The number of aromatic nitrogens is 2. The van der Waals surface area contributed by atoms with Crippen LogP contribution in [0.3, 0.4) is 0 Å². The van der Waals surface area contributed by atoms with Crippen molar-refractivity contribution in [2.24, 2.45) is 0 Å². The van der Waals surface area contributed by atoms with Crippen LogP contribution in [0.4, 0.5) is 0 Å². The Morgan fingerprint density at radius 2 is 0.792 bits per heavy atom. The summed E-state index contributed by atoms with van der Waals surface area (Å²) in [5.74, 6) is 1.83. The van der Waals surface area contributed by atoms with Gasteiger partial charge in [0.15, 0.2) is 0 Å². The molecule has 48 heavy (non-hydrogen) atoms. The van der Waals surface area contributed by atoms with Gasteiger partial charge in [-0.1, -0.05) is 77.9 Å². The summed E-state index contributed by atoms with van der Waals surface area (Å²) in [6.07, 6.45) is 7.40. The van der Waals surface area contributed by atoms with Crippen LogP contribution >= 0.6 is 0 Å². The molecule has 0 aliphatic heterocycles. The quantitative estimate of drug-likeness (QED) is 0.159. The standard InChI is InChI=1S/C42H48N2O2Si2/c1-41(2,3)47(7,8)45-37-17-13-33-27-31(29-19-23-43-24-20-29)11-15-35(33)39(37)40-36-16-12-32(30-21-25-44-26-22-30)28-34(36)14-18-38(40)46-48(9,10)42(4,5)6/h11-28H,1-10H3. The van der Waals surface area contributed by atoms with Crippen LogP contribution in [0.2, 0.25) is 36.3 Å². The van der Waals surface area contributed by atoms with E-state index in [1.807, 2.05) is 24.8 Å². The van der Waals surface area contributed by atoms with Gasteiger partial charge in [-0.2, -0.15) is 0 Å². The Kier molecular flexibility index (Phi) is 8.63. The van der Waals surface area contributed by atoms with Crippen LogP contribution in [0.25, 0.3) is 54.9 Å². The van der Waals surface area contributed by atoms with Crippen molar-refractivity contribution in [1.82, 2.24) is 9.97 Å². The Hall–Kier alpha value is -4.27. The molecule has 0 aliphatic rings. The summed E-state index contributed by atoms with van der Waals surface area (Å²) in [5, 5.41) is 4.67. The maximum atomic E-state index is 7.25. The van der Waals surface area contributed by atoms with Gasteiger partial charge in [-0.3, -0.25) is 9.97 Å². The molecule has 4 nitrogen and oxygen atoms in total. The topological polar surface area (TPSA) is 44.2 Å². The smallest absolute Gasteiger partial charge is 0.250 e. The molecule has 0 saturated heterocycles. The minimum atomic E-state index is -2.22. The van der Waals surface area contributed by atoms with E-state index in [0.29, 0.717) is 0 Å². The predicted octanol–water partition coefficient (Wildman–Crippen LogP) is 12.6. The van der Waals surface area contributed by atoms with Gasteiger partial charge in [0.05, 0.1) is 0 Å². The van der Waals surface area contributed by atoms with E-state index in [1.54, 1.807) is 0 Å². The van der Waals surface area contributed by atoms with Gasteiger partial charge >= 0.3 is 0 Å². The molecule has 6 rings (SSSR count). The van der Waals surface area contributed by atoms with Crippen molar-refractivity contribution in [3.05, 3.63) is 110 Å². The second-order valence-electron chi connectivity index (χ2n) is 15.9. The van der Waals surface area contributed by atoms with E-state index in [1.165, 1.54) is 0 Å². The summed E-state index contributed by atoms with van der Waals surface area (Å²) in [6.45, 7) is 23.1. The third kappa shape index (κ3) is 6.44. The van der Waals surface area contributed by atoms with Crippen molar-refractivity contribution in [3.63, 3.8) is 0 Å². The monoisotopic (exact) mass is 668 g/mol. The first-order valence-corrected chi connectivity index (χ1v) is 22.7. The number of hydrogen-bond acceptors (Lipinski definition) is 4. The van der Waals surface area contributed by atoms with Crippen LogP contribution in [0, 0.1) is 0 Å². The fraction of sp³-hybridized carbons (Fsp3) is 0.286. The first-order chi connectivity index (χ1) is 22.6. The van der Waals surface area contributed by atoms with E-state index in [4.69, 9.17) is 8.85 Å². The highest BCUT2D eigenvalue weighted by Gasteiger charge is 2.41. The largest absolute Gasteiger partial charge is 0.543 e. The molecule has 2 heterocycles. The minimum Gasteiger partial charge on any atom is -0.543 e. The molecule has 0 fully saturated rings. The van der Waals surface area contributed by atoms with Gasteiger partial charge in [0.2, 0.25) is 0 Å². The summed E-state index contributed by atoms with van der Waals surface area (Å²) >= 11 is 0. The van der Waals surface area contributed by atoms with Gasteiger partial charge in [-0.05, 0) is 129 Å². The van der Waals surface area contributed by atoms with Crippen LogP contribution in [0.15, 0.2) is 110 Å². The molecule has 0 atom stereocenters. The molecular weight excluding hydrogens is 621 g/mol. The van der Waals surface area contributed by atoms with Crippen LogP contribution in [-0.4, -0.2) is 26.6 Å². The number of fused-ring (bicyclic) bond motifs is 2. The van der Waals surface area contributed by atoms with Crippen molar-refractivity contribution in [1.29, 1.82) is 0 Å². The maximum Gasteiger partial charge on any atom is 0.250 e. The number of hydrogen-bond donors (Lipinski definition) is 0. The second kappa shape index (κ2) is 12.3. The average Bonchev–Trinajstić information content (AvgIpc) is 3.04. The summed E-state index contributed by atoms with van der Waals surface area (Å²) in [6, 6.07) is 30.6. The Morgan fingerprint density at radius 3 is 1.12 bits per heavy atom. The molecule has 0 bridgehead atoms. The highest BCUT2D eigenvalue weighted by atomic mass is 28.4. The van der Waals surface area contributed by atoms with E-state index < -0.39 is 16.6 Å². The lowest BCUT2D eigenvalue weighted by Crippen LogP contribution is -2.44. The van der Waals surface area contributed by atoms with Crippen molar-refractivity contribution < 1.29 is 8.85 Å². The summed E-state index contributed by atoms with van der Waals surface area (Å²) in [7, 11) is -4.44. The third-order valence-corrected chi connectivity index (χ3v) is 19.3. The molecule has 6 heteroatoms. The molecule has 0 spiro atoms. The van der Waals surface area contributed by atoms with Crippen LogP contribution in [0.1, 0.15) is 41.5 Å². The van der Waals surface area contributed by atoms with Gasteiger partial charge in [0, 0.05) is 35.9 Å². The Balaban J connectivity index is 1.68. The van der Waals surface area contributed by atoms with E-state index in [0.717, 1.165) is 66.4 Å². The van der Waals surface area contributed by atoms with E-state index >= 15 is 0 Å². The molecule has 246 valence electrons. The summed E-state index contributed by atoms with van der Waals surface area (Å²) in [5.41, 5.74) is 6.79. The van der Waals surface area contributed by atoms with Crippen LogP contribution in [-0.2, 0) is 0 Å². The molecule has 2 aromatic heterocycles. The molecule has 4 aromatic carbocycles. The maximum absolute atomic E-state index is 7.25. The molecule has 0 unspecified atom stereocenters. The highest BCUT2D eigenvalue weighted by molar-refractivity contribution is 6.75. The van der Waals surface area contributed by atoms with Gasteiger partial charge in [0.1, 0.15) is 11.5 Å². The van der Waals surface area contributed by atoms with Crippen LogP contribution < -0.4 is 8.85 Å². The zero-order valence-corrected chi connectivity index (χ0v) is 32.1. The fourth-order valence-electron chi connectivity index (χ4n) is 5.61. The molecule has 0 N–H and O–H groups in total. The van der Waals surface area contributed by atoms with Crippen molar-refractivity contribution in [2.75, 3.05) is 0 Å². The number of nitrogens with zero attached hydrogens (tertiary/aromatic N) is 2. The van der Waals surface area contributed by atoms with E-state index in [2.05, 4.69) is 163 Å². The Labute approximate surface area is 288 Å². The van der Waals surface area contributed by atoms with E-state index in [-0.39, 0.29) is 10.1 Å². The Morgan fingerprint density at radius 1 is 0.438 bits per heavy atom. The number of benzene rings is 4. The van der Waals surface area contributed by atoms with Gasteiger partial charge in [0.25, 0.3) is 16.6 Å². The SMILES string of the molecule is CC(C)(C)[Si](C)(C)Oc1ccc2cc(-c3ccncc3)ccc2c1-c1c(O[Si](C)(C)C(C)(C)C)ccc2cc(-c3ccncc3)ccc12. The predicted molar refractivity (Wildman–Crippen MR) is 209 cm³/mol. The number of rotatable bonds is 7. The van der Waals surface area contributed by atoms with Gasteiger partial charge < -0.3 is 8.85 Å². The summed E-state index contributed by atoms with van der Waals surface area (Å²) in [4.78, 5) is 8.47. The normalized spacial score (nSPS) is 12.8. The van der Waals surface area contributed by atoms with E-state index in [9.17, 15) is 0 Å². The average molecular weight is 669 g/mol. The molecular formula is C42H48N2O2Si2. The van der Waals surface area contributed by atoms with Crippen molar-refractivity contribution in [2.45, 2.75) is 77.8 Å². The zero-order valence-electron chi connectivity index (χ0n) is 30.1. The third-order valence-electron chi connectivity index (χ3n) is 10.6. The van der Waals surface area contributed by atoms with Crippen LogP contribution in [0.5, 0.6) is 11.5 Å². The van der Waals surface area contributed by atoms with Gasteiger partial charge in [-0.25, -0.2) is 0 Å². The molecule has 0 amide bonds. The first-order valence-electron chi connectivity index (χ1n) is 16.9. The first kappa shape index (κ1) is 33.6. The second-order valence-corrected chi connectivity index (χ2v) is 25.4. The fourth-order valence-corrected chi connectivity index (χ4v) is 7.66. The lowest BCUT2D eigenvalue weighted by molar-refractivity contribution is 0.489. The number of pyridine rings is 2. The van der Waals surface area contributed by atoms with Crippen molar-refractivity contribution >= 4 is 38.2 Å². The lowest BCUT2D eigenvalue weighted by atomic mass is 9.90. The molecule has 0 aliphatic carbocycles. The molecule has 0 saturated carbocycles. The van der Waals surface area contributed by atoms with Gasteiger partial charge in [-0.15, -0.1) is 0 Å². The minimum absolute atomic E-state index is 0.0309. The van der Waals surface area contributed by atoms with Crippen molar-refractivity contribution in [3.8, 4) is 44.9 Å². The molecule has 6 aromatic rings. The lowest BCUT2D eigenvalue weighted by Gasteiger charge is -2.38. The summed E-state index contributed by atoms with van der Waals surface area (Å²) < 4.78 is 14.5. The highest BCUT2D eigenvalue weighted by Crippen LogP contribution is 2.50. The molecule has 0 radical (unpaired) electrons. The Bertz CT molecular complexity index is 1940.